The van der Waals surface area contributed by atoms with E-state index in [4.69, 9.17) is 11.6 Å². The number of nitrogens with one attached hydrogen (secondary N) is 1. The molecule has 1 saturated heterocycles. The molecule has 0 spiro atoms. The molecule has 1 saturated carbocycles. The SMILES string of the molecule is O=C(C1CC1)N1CCC(NCc2cccc(Cl)c2)CC1. The zero-order valence-electron chi connectivity index (χ0n) is 11.6. The smallest absolute Gasteiger partial charge is 0.225 e. The van der Waals surface area contributed by atoms with E-state index in [1.165, 1.54) is 5.56 Å². The summed E-state index contributed by atoms with van der Waals surface area (Å²) in [6.45, 7) is 2.66. The second-order valence-corrected chi connectivity index (χ2v) is 6.32. The summed E-state index contributed by atoms with van der Waals surface area (Å²) in [5, 5.41) is 4.36. The zero-order chi connectivity index (χ0) is 13.9. The third-order valence-electron chi connectivity index (χ3n) is 4.22. The molecule has 0 atom stereocenters. The molecule has 2 aliphatic rings. The number of likely N-dealkylation sites (tertiary alicyclic amines) is 1. The molecule has 1 aliphatic heterocycles. The molecule has 0 aromatic heterocycles. The lowest BCUT2D eigenvalue weighted by Gasteiger charge is -2.32. The maximum absolute atomic E-state index is 12.0. The summed E-state index contributed by atoms with van der Waals surface area (Å²) >= 11 is 5.98. The number of nitrogens with zero attached hydrogens (tertiary/aromatic N) is 1. The molecule has 4 heteroatoms. The second kappa shape index (κ2) is 6.15. The minimum absolute atomic E-state index is 0.353. The average Bonchev–Trinajstić information content (AvgIpc) is 3.30. The van der Waals surface area contributed by atoms with Gasteiger partial charge in [-0.2, -0.15) is 0 Å². The van der Waals surface area contributed by atoms with E-state index in [0.29, 0.717) is 17.9 Å². The van der Waals surface area contributed by atoms with Crippen molar-refractivity contribution in [1.82, 2.24) is 10.2 Å². The summed E-state index contributed by atoms with van der Waals surface area (Å²) in [6.07, 6.45) is 4.32. The van der Waals surface area contributed by atoms with Gasteiger partial charge in [0.1, 0.15) is 0 Å². The minimum atomic E-state index is 0.353. The van der Waals surface area contributed by atoms with Crippen LogP contribution in [-0.4, -0.2) is 29.9 Å². The van der Waals surface area contributed by atoms with Crippen molar-refractivity contribution in [3.05, 3.63) is 34.9 Å². The first-order valence-corrected chi connectivity index (χ1v) is 7.87. The predicted octanol–water partition coefficient (Wildman–Crippen LogP) is 2.83. The van der Waals surface area contributed by atoms with Crippen LogP contribution in [0.4, 0.5) is 0 Å². The summed E-state index contributed by atoms with van der Waals surface area (Å²) < 4.78 is 0. The first-order chi connectivity index (χ1) is 9.72. The van der Waals surface area contributed by atoms with Crippen molar-refractivity contribution < 1.29 is 4.79 Å². The molecular weight excluding hydrogens is 272 g/mol. The van der Waals surface area contributed by atoms with E-state index in [1.807, 2.05) is 18.2 Å². The van der Waals surface area contributed by atoms with Crippen LogP contribution in [0.3, 0.4) is 0 Å². The zero-order valence-corrected chi connectivity index (χ0v) is 12.4. The lowest BCUT2D eigenvalue weighted by molar-refractivity contribution is -0.133. The standard InChI is InChI=1S/C16H21ClN2O/c17-14-3-1-2-12(10-14)11-18-15-6-8-19(9-7-15)16(20)13-4-5-13/h1-3,10,13,15,18H,4-9,11H2. The molecule has 0 unspecified atom stereocenters. The Bertz CT molecular complexity index is 479. The highest BCUT2D eigenvalue weighted by atomic mass is 35.5. The average molecular weight is 293 g/mol. The lowest BCUT2D eigenvalue weighted by atomic mass is 10.0. The van der Waals surface area contributed by atoms with Crippen molar-refractivity contribution >= 4 is 17.5 Å². The molecule has 0 bridgehead atoms. The second-order valence-electron chi connectivity index (χ2n) is 5.88. The first-order valence-electron chi connectivity index (χ1n) is 7.49. The van der Waals surface area contributed by atoms with Crippen molar-refractivity contribution in [3.8, 4) is 0 Å². The molecule has 20 heavy (non-hydrogen) atoms. The van der Waals surface area contributed by atoms with Crippen LogP contribution in [-0.2, 0) is 11.3 Å². The number of hydrogen-bond acceptors (Lipinski definition) is 2. The van der Waals surface area contributed by atoms with Crippen LogP contribution in [0.5, 0.6) is 0 Å². The summed E-state index contributed by atoms with van der Waals surface area (Å²) in [7, 11) is 0. The van der Waals surface area contributed by atoms with Gasteiger partial charge in [0, 0.05) is 36.6 Å². The highest BCUT2D eigenvalue weighted by molar-refractivity contribution is 6.30. The van der Waals surface area contributed by atoms with Crippen LogP contribution in [0.15, 0.2) is 24.3 Å². The largest absolute Gasteiger partial charge is 0.342 e. The van der Waals surface area contributed by atoms with Gasteiger partial charge >= 0.3 is 0 Å². The Balaban J connectivity index is 1.43. The summed E-state index contributed by atoms with van der Waals surface area (Å²) in [5.74, 6) is 0.740. The van der Waals surface area contributed by atoms with Gasteiger partial charge in [-0.1, -0.05) is 23.7 Å². The van der Waals surface area contributed by atoms with Crippen LogP contribution in [0, 0.1) is 5.92 Å². The van der Waals surface area contributed by atoms with Crippen molar-refractivity contribution in [1.29, 1.82) is 0 Å². The Morgan fingerprint density at radius 1 is 1.25 bits per heavy atom. The van der Waals surface area contributed by atoms with Crippen LogP contribution in [0.25, 0.3) is 0 Å². The number of halogens is 1. The van der Waals surface area contributed by atoms with Crippen molar-refractivity contribution in [2.24, 2.45) is 5.92 Å². The van der Waals surface area contributed by atoms with Gasteiger partial charge in [-0.15, -0.1) is 0 Å². The molecule has 1 aromatic carbocycles. The number of carbonyl (C=O) groups excluding carboxylic acids is 1. The Hall–Kier alpha value is -1.06. The van der Waals surface area contributed by atoms with Crippen molar-refractivity contribution in [3.63, 3.8) is 0 Å². The lowest BCUT2D eigenvalue weighted by Crippen LogP contribution is -2.45. The predicted molar refractivity (Wildman–Crippen MR) is 80.6 cm³/mol. The van der Waals surface area contributed by atoms with Crippen LogP contribution in [0.2, 0.25) is 5.02 Å². The van der Waals surface area contributed by atoms with E-state index in [0.717, 1.165) is 50.3 Å². The molecule has 1 aromatic rings. The maximum atomic E-state index is 12.0. The van der Waals surface area contributed by atoms with E-state index in [9.17, 15) is 4.79 Å². The normalized spacial score (nSPS) is 20.1. The molecule has 1 aliphatic carbocycles. The Morgan fingerprint density at radius 2 is 2.00 bits per heavy atom. The fourth-order valence-corrected chi connectivity index (χ4v) is 3.01. The number of carbonyl (C=O) groups is 1. The summed E-state index contributed by atoms with van der Waals surface area (Å²) in [5.41, 5.74) is 1.22. The number of rotatable bonds is 4. The molecule has 3 rings (SSSR count). The van der Waals surface area contributed by atoms with Gasteiger partial charge in [0.2, 0.25) is 5.91 Å². The molecule has 2 fully saturated rings. The van der Waals surface area contributed by atoms with E-state index in [-0.39, 0.29) is 0 Å². The molecule has 1 heterocycles. The van der Waals surface area contributed by atoms with E-state index in [2.05, 4.69) is 16.3 Å². The molecule has 1 amide bonds. The van der Waals surface area contributed by atoms with E-state index >= 15 is 0 Å². The van der Waals surface area contributed by atoms with Gasteiger partial charge in [0.25, 0.3) is 0 Å². The maximum Gasteiger partial charge on any atom is 0.225 e. The summed E-state index contributed by atoms with van der Waals surface area (Å²) in [6, 6.07) is 8.48. The van der Waals surface area contributed by atoms with Gasteiger partial charge < -0.3 is 10.2 Å². The fraction of sp³-hybridized carbons (Fsp3) is 0.562. The van der Waals surface area contributed by atoms with Crippen LogP contribution in [0.1, 0.15) is 31.2 Å². The topological polar surface area (TPSA) is 32.3 Å². The molecule has 3 nitrogen and oxygen atoms in total. The minimum Gasteiger partial charge on any atom is -0.342 e. The van der Waals surface area contributed by atoms with Gasteiger partial charge in [-0.25, -0.2) is 0 Å². The van der Waals surface area contributed by atoms with Crippen molar-refractivity contribution in [2.75, 3.05) is 13.1 Å². The number of piperidine rings is 1. The third-order valence-corrected chi connectivity index (χ3v) is 4.45. The molecule has 0 radical (unpaired) electrons. The highest BCUT2D eigenvalue weighted by Crippen LogP contribution is 2.31. The van der Waals surface area contributed by atoms with Gasteiger partial charge in [0.05, 0.1) is 0 Å². The fourth-order valence-electron chi connectivity index (χ4n) is 2.80. The Morgan fingerprint density at radius 3 is 2.65 bits per heavy atom. The first kappa shape index (κ1) is 13.9. The van der Waals surface area contributed by atoms with Gasteiger partial charge in [0.15, 0.2) is 0 Å². The number of amides is 1. The van der Waals surface area contributed by atoms with Crippen LogP contribution < -0.4 is 5.32 Å². The monoisotopic (exact) mass is 292 g/mol. The summed E-state index contributed by atoms with van der Waals surface area (Å²) in [4.78, 5) is 14.0. The van der Waals surface area contributed by atoms with Crippen LogP contribution >= 0.6 is 11.6 Å². The highest BCUT2D eigenvalue weighted by Gasteiger charge is 2.34. The Kier molecular flexibility index (Phi) is 4.27. The van der Waals surface area contributed by atoms with Gasteiger partial charge in [-0.05, 0) is 43.4 Å². The number of benzene rings is 1. The quantitative estimate of drug-likeness (QED) is 0.925. The van der Waals surface area contributed by atoms with Crippen molar-refractivity contribution in [2.45, 2.75) is 38.3 Å². The molecular formula is C16H21ClN2O. The molecule has 1 N–H and O–H groups in total. The van der Waals surface area contributed by atoms with E-state index in [1.54, 1.807) is 0 Å². The third kappa shape index (κ3) is 3.53. The van der Waals surface area contributed by atoms with Gasteiger partial charge in [-0.3, -0.25) is 4.79 Å². The molecule has 108 valence electrons. The Labute approximate surface area is 125 Å². The van der Waals surface area contributed by atoms with E-state index < -0.39 is 0 Å². The number of hydrogen-bond donors (Lipinski definition) is 1.